The first kappa shape index (κ1) is 14.7. The summed E-state index contributed by atoms with van der Waals surface area (Å²) in [5.74, 6) is 6.48. The lowest BCUT2D eigenvalue weighted by molar-refractivity contribution is 0.469. The fraction of sp³-hybridized carbons (Fsp3) is 0.455. The zero-order valence-corrected chi connectivity index (χ0v) is 12.9. The highest BCUT2D eigenvalue weighted by Gasteiger charge is 2.20. The van der Waals surface area contributed by atoms with Crippen LogP contribution >= 0.6 is 34.5 Å². The van der Waals surface area contributed by atoms with Gasteiger partial charge >= 0.3 is 0 Å². The number of halogens is 2. The molecule has 0 aliphatic rings. The van der Waals surface area contributed by atoms with Crippen LogP contribution in [0.25, 0.3) is 0 Å². The molecule has 104 valence electrons. The first-order valence-corrected chi connectivity index (χ1v) is 7.39. The zero-order chi connectivity index (χ0) is 14.0. The highest BCUT2D eigenvalue weighted by atomic mass is 35.5. The van der Waals surface area contributed by atoms with Crippen LogP contribution in [0.1, 0.15) is 37.3 Å². The van der Waals surface area contributed by atoms with Crippen LogP contribution < -0.4 is 11.3 Å². The molecule has 0 aromatic carbocycles. The van der Waals surface area contributed by atoms with Crippen molar-refractivity contribution >= 4 is 34.5 Å². The third-order valence-electron chi connectivity index (χ3n) is 2.78. The number of hydrogen-bond acceptors (Lipinski definition) is 5. The van der Waals surface area contributed by atoms with Crippen molar-refractivity contribution in [3.8, 4) is 0 Å². The molecule has 0 spiro atoms. The van der Waals surface area contributed by atoms with E-state index >= 15 is 0 Å². The molecule has 1 atom stereocenters. The molecule has 0 aliphatic heterocycles. The summed E-state index contributed by atoms with van der Waals surface area (Å²) in [6, 6.07) is 1.94. The molecule has 5 nitrogen and oxygen atoms in total. The molecule has 0 bridgehead atoms. The molecule has 0 fully saturated rings. The summed E-state index contributed by atoms with van der Waals surface area (Å²) in [6.07, 6.45) is 2.15. The lowest BCUT2D eigenvalue weighted by Gasteiger charge is -2.16. The van der Waals surface area contributed by atoms with E-state index in [1.807, 2.05) is 10.7 Å². The smallest absolute Gasteiger partial charge is 0.138 e. The molecule has 0 amide bonds. The number of nitrogens with one attached hydrogen (secondary N) is 1. The van der Waals surface area contributed by atoms with Gasteiger partial charge in [0.15, 0.2) is 0 Å². The maximum absolute atomic E-state index is 6.16. The summed E-state index contributed by atoms with van der Waals surface area (Å²) < 4.78 is 3.15. The van der Waals surface area contributed by atoms with Gasteiger partial charge in [-0.05, 0) is 19.9 Å². The maximum atomic E-state index is 6.16. The van der Waals surface area contributed by atoms with Crippen molar-refractivity contribution in [2.24, 2.45) is 5.84 Å². The van der Waals surface area contributed by atoms with Crippen LogP contribution in [0.5, 0.6) is 0 Å². The summed E-state index contributed by atoms with van der Waals surface area (Å²) in [4.78, 5) is 4.27. The largest absolute Gasteiger partial charge is 0.271 e. The Bertz CT molecular complexity index is 551. The van der Waals surface area contributed by atoms with Gasteiger partial charge in [-0.25, -0.2) is 9.67 Å². The maximum Gasteiger partial charge on any atom is 0.138 e. The number of hydrogen-bond donors (Lipinski definition) is 2. The molecule has 8 heteroatoms. The number of nitrogens with zero attached hydrogens (tertiary/aromatic N) is 3. The molecule has 0 aliphatic carbocycles. The normalized spacial score (nSPS) is 13.2. The third kappa shape index (κ3) is 3.27. The van der Waals surface area contributed by atoms with Crippen molar-refractivity contribution in [2.75, 3.05) is 0 Å². The van der Waals surface area contributed by atoms with E-state index in [9.17, 15) is 0 Å². The molecule has 19 heavy (non-hydrogen) atoms. The van der Waals surface area contributed by atoms with Crippen molar-refractivity contribution in [1.82, 2.24) is 20.2 Å². The second-order valence-electron chi connectivity index (χ2n) is 4.42. The Hall–Kier alpha value is -0.660. The van der Waals surface area contributed by atoms with E-state index in [4.69, 9.17) is 29.0 Å². The predicted molar refractivity (Wildman–Crippen MR) is 78.5 cm³/mol. The van der Waals surface area contributed by atoms with E-state index in [1.54, 1.807) is 6.33 Å². The molecule has 3 N–H and O–H groups in total. The van der Waals surface area contributed by atoms with E-state index in [1.165, 1.54) is 11.3 Å². The van der Waals surface area contributed by atoms with Crippen LogP contribution in [0.2, 0.25) is 8.67 Å². The van der Waals surface area contributed by atoms with Gasteiger partial charge < -0.3 is 0 Å². The molecule has 1 unspecified atom stereocenters. The van der Waals surface area contributed by atoms with Crippen LogP contribution in [-0.4, -0.2) is 14.8 Å². The number of rotatable bonds is 5. The second-order valence-corrected chi connectivity index (χ2v) is 6.70. The van der Waals surface area contributed by atoms with Crippen molar-refractivity contribution in [3.05, 3.63) is 32.5 Å². The Balaban J connectivity index is 2.24. The van der Waals surface area contributed by atoms with Crippen LogP contribution in [0.4, 0.5) is 0 Å². The monoisotopic (exact) mass is 319 g/mol. The topological polar surface area (TPSA) is 68.8 Å². The van der Waals surface area contributed by atoms with Crippen LogP contribution in [0.3, 0.4) is 0 Å². The van der Waals surface area contributed by atoms with Gasteiger partial charge in [0.05, 0.1) is 14.7 Å². The lowest BCUT2D eigenvalue weighted by atomic mass is 10.1. The van der Waals surface area contributed by atoms with Crippen molar-refractivity contribution in [3.63, 3.8) is 0 Å². The summed E-state index contributed by atoms with van der Waals surface area (Å²) in [7, 11) is 0. The average molecular weight is 320 g/mol. The van der Waals surface area contributed by atoms with E-state index < -0.39 is 0 Å². The van der Waals surface area contributed by atoms with Crippen LogP contribution in [0, 0.1) is 0 Å². The van der Waals surface area contributed by atoms with Gasteiger partial charge in [0, 0.05) is 18.0 Å². The molecule has 2 aromatic heterocycles. The van der Waals surface area contributed by atoms with Gasteiger partial charge in [0.1, 0.15) is 12.2 Å². The molecule has 2 aromatic rings. The minimum atomic E-state index is -0.141. The van der Waals surface area contributed by atoms with E-state index in [0.717, 1.165) is 11.4 Å². The number of hydrazine groups is 1. The number of nitrogens with two attached hydrogens (primary N) is 1. The molecule has 0 saturated heterocycles. The quantitative estimate of drug-likeness (QED) is 0.656. The molecular weight excluding hydrogens is 305 g/mol. The molecule has 0 radical (unpaired) electrons. The van der Waals surface area contributed by atoms with Crippen molar-refractivity contribution in [1.29, 1.82) is 0 Å². The molecule has 2 rings (SSSR count). The van der Waals surface area contributed by atoms with Crippen LogP contribution in [-0.2, 0) is 6.42 Å². The first-order chi connectivity index (χ1) is 9.02. The SMILES string of the molecule is CC(C)n1ncnc1CC(NN)c1cc(Cl)sc1Cl. The van der Waals surface area contributed by atoms with Gasteiger partial charge in [-0.3, -0.25) is 11.3 Å². The summed E-state index contributed by atoms with van der Waals surface area (Å²) in [5.41, 5.74) is 3.65. The predicted octanol–water partition coefficient (Wildman–Crippen LogP) is 2.97. The Morgan fingerprint density at radius 3 is 2.74 bits per heavy atom. The fourth-order valence-electron chi connectivity index (χ4n) is 1.88. The summed E-state index contributed by atoms with van der Waals surface area (Å²) in [6.45, 7) is 4.11. The molecule has 0 saturated carbocycles. The summed E-state index contributed by atoms with van der Waals surface area (Å²) >= 11 is 13.4. The highest BCUT2D eigenvalue weighted by molar-refractivity contribution is 7.20. The zero-order valence-electron chi connectivity index (χ0n) is 10.6. The standard InChI is InChI=1S/C11H15Cl2N5S/c1-6(2)18-10(15-5-16-18)4-8(17-14)7-3-9(12)19-11(7)13/h3,5-6,8,17H,4,14H2,1-2H3. The Kier molecular flexibility index (Phi) is 4.81. The Morgan fingerprint density at radius 2 is 2.21 bits per heavy atom. The third-order valence-corrected chi connectivity index (χ3v) is 4.30. The minimum absolute atomic E-state index is 0.141. The Morgan fingerprint density at radius 1 is 1.47 bits per heavy atom. The fourth-order valence-corrected chi connectivity index (χ4v) is 3.46. The highest BCUT2D eigenvalue weighted by Crippen LogP contribution is 2.35. The van der Waals surface area contributed by atoms with Gasteiger partial charge in [0.25, 0.3) is 0 Å². The van der Waals surface area contributed by atoms with Crippen molar-refractivity contribution in [2.45, 2.75) is 32.4 Å². The van der Waals surface area contributed by atoms with Crippen LogP contribution in [0.15, 0.2) is 12.4 Å². The summed E-state index contributed by atoms with van der Waals surface area (Å²) in [5, 5.41) is 4.20. The first-order valence-electron chi connectivity index (χ1n) is 5.82. The van der Waals surface area contributed by atoms with Crippen molar-refractivity contribution < 1.29 is 0 Å². The average Bonchev–Trinajstić information content (AvgIpc) is 2.92. The molecular formula is C11H15Cl2N5S. The lowest BCUT2D eigenvalue weighted by Crippen LogP contribution is -2.30. The van der Waals surface area contributed by atoms with E-state index in [2.05, 4.69) is 29.4 Å². The minimum Gasteiger partial charge on any atom is -0.271 e. The van der Waals surface area contributed by atoms with E-state index in [0.29, 0.717) is 15.1 Å². The van der Waals surface area contributed by atoms with Gasteiger partial charge in [-0.1, -0.05) is 23.2 Å². The number of aromatic nitrogens is 3. The molecule has 2 heterocycles. The van der Waals surface area contributed by atoms with E-state index in [-0.39, 0.29) is 12.1 Å². The number of thiophene rings is 1. The Labute approximate surface area is 125 Å². The second kappa shape index (κ2) is 6.19. The van der Waals surface area contributed by atoms with Gasteiger partial charge in [0.2, 0.25) is 0 Å². The van der Waals surface area contributed by atoms with Gasteiger partial charge in [-0.15, -0.1) is 11.3 Å². The van der Waals surface area contributed by atoms with Gasteiger partial charge in [-0.2, -0.15) is 5.10 Å².